The van der Waals surface area contributed by atoms with Crippen LogP contribution in [0.15, 0.2) is 23.1 Å². The largest absolute Gasteiger partial charge is 0.299 e. The molecule has 0 aliphatic heterocycles. The van der Waals surface area contributed by atoms with E-state index in [1.165, 1.54) is 31.4 Å². The van der Waals surface area contributed by atoms with Crippen molar-refractivity contribution in [2.45, 2.75) is 75.6 Å². The summed E-state index contributed by atoms with van der Waals surface area (Å²) in [6.07, 6.45) is 3.61. The summed E-state index contributed by atoms with van der Waals surface area (Å²) in [6.45, 7) is 10.6. The van der Waals surface area contributed by atoms with Crippen molar-refractivity contribution in [1.29, 1.82) is 0 Å². The van der Waals surface area contributed by atoms with Gasteiger partial charge in [0.25, 0.3) is 0 Å². The molecule has 1 aromatic rings. The van der Waals surface area contributed by atoms with Crippen LogP contribution in [0.25, 0.3) is 0 Å². The number of hydrogen-bond acceptors (Lipinski definition) is 3. The Kier molecular flexibility index (Phi) is 5.83. The van der Waals surface area contributed by atoms with Crippen LogP contribution in [0.2, 0.25) is 18.1 Å². The van der Waals surface area contributed by atoms with E-state index in [0.717, 1.165) is 5.56 Å². The number of nitrogens with zero attached hydrogens (tertiary/aromatic N) is 1. The van der Waals surface area contributed by atoms with Gasteiger partial charge >= 0.3 is 0 Å². The smallest absolute Gasteiger partial charge is 0.237 e. The molecule has 1 saturated carbocycles. The molecule has 0 unspecified atom stereocenters. The van der Waals surface area contributed by atoms with E-state index in [9.17, 15) is 12.8 Å². The van der Waals surface area contributed by atoms with Gasteiger partial charge in [-0.2, -0.15) is 0 Å². The highest BCUT2D eigenvalue weighted by atomic mass is 32.2. The molecule has 2 rings (SSSR count). The molecule has 0 heterocycles. The van der Waals surface area contributed by atoms with Crippen molar-refractivity contribution in [3.8, 4) is 0 Å². The Labute approximate surface area is 153 Å². The van der Waals surface area contributed by atoms with Gasteiger partial charge in [0.05, 0.1) is 0 Å². The summed E-state index contributed by atoms with van der Waals surface area (Å²) in [5.41, 5.74) is 0.804. The van der Waals surface area contributed by atoms with Gasteiger partial charge in [-0.05, 0) is 42.6 Å². The minimum absolute atomic E-state index is 0.165. The first kappa shape index (κ1) is 20.5. The SMILES string of the molecule is CN(Cc1ccc(S(=O)(=O)N[Si](C)(C)C(C)(C)C)c(F)c1)C1CCC1. The molecule has 0 spiro atoms. The van der Waals surface area contributed by atoms with Gasteiger partial charge < -0.3 is 0 Å². The minimum Gasteiger partial charge on any atom is -0.299 e. The van der Waals surface area contributed by atoms with Gasteiger partial charge in [0, 0.05) is 12.6 Å². The molecular formula is C18H31FN2O2SSi. The first-order valence-electron chi connectivity index (χ1n) is 8.86. The minimum atomic E-state index is -3.86. The highest BCUT2D eigenvalue weighted by Gasteiger charge is 2.40. The predicted octanol–water partition coefficient (Wildman–Crippen LogP) is 4.09. The standard InChI is InChI=1S/C18H31FN2O2SSi/c1-18(2,3)25(5,6)20-24(22,23)17-11-10-14(12-16(17)19)13-21(4)15-8-7-9-15/h10-12,15,20H,7-9,13H2,1-6H3. The van der Waals surface area contributed by atoms with Crippen molar-refractivity contribution < 1.29 is 12.8 Å². The monoisotopic (exact) mass is 386 g/mol. The summed E-state index contributed by atoms with van der Waals surface area (Å²) >= 11 is 0. The number of sulfonamides is 1. The molecular weight excluding hydrogens is 355 g/mol. The Hall–Kier alpha value is -0.763. The molecule has 1 aliphatic rings. The van der Waals surface area contributed by atoms with Crippen molar-refractivity contribution in [3.63, 3.8) is 0 Å². The molecule has 0 saturated heterocycles. The Bertz CT molecular complexity index is 725. The Morgan fingerprint density at radius 3 is 2.32 bits per heavy atom. The molecule has 142 valence electrons. The van der Waals surface area contributed by atoms with E-state index in [1.54, 1.807) is 6.07 Å². The van der Waals surface area contributed by atoms with Crippen LogP contribution < -0.4 is 4.39 Å². The Balaban J connectivity index is 2.18. The third kappa shape index (κ3) is 4.70. The van der Waals surface area contributed by atoms with Crippen molar-refractivity contribution in [1.82, 2.24) is 9.29 Å². The molecule has 1 fully saturated rings. The second-order valence-corrected chi connectivity index (χ2v) is 15.8. The summed E-state index contributed by atoms with van der Waals surface area (Å²) in [7, 11) is -4.14. The molecule has 0 atom stereocenters. The summed E-state index contributed by atoms with van der Waals surface area (Å²) in [5, 5.41) is -0.165. The lowest BCUT2D eigenvalue weighted by Gasteiger charge is -2.36. The molecule has 1 aromatic carbocycles. The van der Waals surface area contributed by atoms with E-state index in [2.05, 4.69) is 9.29 Å². The molecule has 25 heavy (non-hydrogen) atoms. The third-order valence-corrected chi connectivity index (χ3v) is 13.5. The molecule has 1 aliphatic carbocycles. The zero-order valence-electron chi connectivity index (χ0n) is 16.2. The van der Waals surface area contributed by atoms with Crippen molar-refractivity contribution in [3.05, 3.63) is 29.6 Å². The van der Waals surface area contributed by atoms with E-state index in [0.29, 0.717) is 12.6 Å². The normalized spacial score (nSPS) is 17.0. The van der Waals surface area contributed by atoms with Gasteiger partial charge in [-0.15, -0.1) is 0 Å². The van der Waals surface area contributed by atoms with Crippen LogP contribution >= 0.6 is 0 Å². The van der Waals surface area contributed by atoms with Crippen molar-refractivity contribution in [2.24, 2.45) is 0 Å². The fourth-order valence-corrected chi connectivity index (χ4v) is 7.56. The van der Waals surface area contributed by atoms with Crippen LogP contribution in [-0.4, -0.2) is 34.6 Å². The van der Waals surface area contributed by atoms with Crippen LogP contribution in [0.5, 0.6) is 0 Å². The summed E-state index contributed by atoms with van der Waals surface area (Å²) in [4.78, 5) is 1.95. The van der Waals surface area contributed by atoms with Crippen LogP contribution in [0, 0.1) is 5.82 Å². The zero-order valence-corrected chi connectivity index (χ0v) is 18.0. The maximum absolute atomic E-state index is 14.5. The fraction of sp³-hybridized carbons (Fsp3) is 0.667. The fourth-order valence-electron chi connectivity index (χ4n) is 2.65. The second-order valence-electron chi connectivity index (χ2n) is 8.75. The van der Waals surface area contributed by atoms with E-state index >= 15 is 0 Å². The Morgan fingerprint density at radius 2 is 1.88 bits per heavy atom. The van der Waals surface area contributed by atoms with Crippen LogP contribution in [0.4, 0.5) is 4.39 Å². The van der Waals surface area contributed by atoms with Gasteiger partial charge in [-0.3, -0.25) is 4.90 Å². The summed E-state index contributed by atoms with van der Waals surface area (Å²) < 4.78 is 42.7. The van der Waals surface area contributed by atoms with Gasteiger partial charge in [-0.25, -0.2) is 17.2 Å². The number of rotatable bonds is 6. The van der Waals surface area contributed by atoms with Gasteiger partial charge in [0.2, 0.25) is 10.0 Å². The quantitative estimate of drug-likeness (QED) is 0.749. The second kappa shape index (κ2) is 7.10. The first-order chi connectivity index (χ1) is 11.3. The average Bonchev–Trinajstić information content (AvgIpc) is 2.32. The summed E-state index contributed by atoms with van der Waals surface area (Å²) in [5.74, 6) is -0.675. The van der Waals surface area contributed by atoms with E-state index in [4.69, 9.17) is 0 Å². The van der Waals surface area contributed by atoms with Crippen LogP contribution in [0.3, 0.4) is 0 Å². The molecule has 4 nitrogen and oxygen atoms in total. The topological polar surface area (TPSA) is 49.4 Å². The molecule has 7 heteroatoms. The first-order valence-corrected chi connectivity index (χ1v) is 13.3. The maximum Gasteiger partial charge on any atom is 0.237 e. The van der Waals surface area contributed by atoms with Gasteiger partial charge in [-0.1, -0.05) is 46.4 Å². The molecule has 0 bridgehead atoms. The summed E-state index contributed by atoms with van der Waals surface area (Å²) in [6, 6.07) is 5.04. The average molecular weight is 387 g/mol. The number of halogens is 1. The van der Waals surface area contributed by atoms with Crippen LogP contribution in [-0.2, 0) is 16.6 Å². The highest BCUT2D eigenvalue weighted by Crippen LogP contribution is 2.35. The van der Waals surface area contributed by atoms with Crippen LogP contribution in [0.1, 0.15) is 45.6 Å². The third-order valence-electron chi connectivity index (χ3n) is 5.68. The zero-order chi connectivity index (χ0) is 19.0. The molecule has 0 radical (unpaired) electrons. The molecule has 0 aromatic heterocycles. The highest BCUT2D eigenvalue weighted by molar-refractivity contribution is 7.91. The number of nitrogens with one attached hydrogen (secondary N) is 1. The molecule has 0 amide bonds. The van der Waals surface area contributed by atoms with Gasteiger partial charge in [0.1, 0.15) is 18.9 Å². The lowest BCUT2D eigenvalue weighted by atomic mass is 9.91. The van der Waals surface area contributed by atoms with E-state index in [-0.39, 0.29) is 9.93 Å². The predicted molar refractivity (Wildman–Crippen MR) is 103 cm³/mol. The van der Waals surface area contributed by atoms with E-state index < -0.39 is 24.1 Å². The van der Waals surface area contributed by atoms with Gasteiger partial charge in [0.15, 0.2) is 0 Å². The lowest BCUT2D eigenvalue weighted by molar-refractivity contribution is 0.152. The lowest BCUT2D eigenvalue weighted by Crippen LogP contribution is -2.54. The van der Waals surface area contributed by atoms with E-state index in [1.807, 2.05) is 40.9 Å². The number of hydrogen-bond donors (Lipinski definition) is 1. The Morgan fingerprint density at radius 1 is 1.28 bits per heavy atom. The number of benzene rings is 1. The van der Waals surface area contributed by atoms with Crippen molar-refractivity contribution in [2.75, 3.05) is 7.05 Å². The maximum atomic E-state index is 14.5. The van der Waals surface area contributed by atoms with Crippen molar-refractivity contribution >= 4 is 18.3 Å². The molecule has 1 N–H and O–H groups in total.